The van der Waals surface area contributed by atoms with Crippen LogP contribution in [0.4, 0.5) is 0 Å². The van der Waals surface area contributed by atoms with Crippen molar-refractivity contribution < 1.29 is 15.1 Å². The van der Waals surface area contributed by atoms with E-state index in [2.05, 4.69) is 36.5 Å². The lowest BCUT2D eigenvalue weighted by atomic mass is 9.77. The standard InChI is InChI=1S/C20H33N3O3/c1-16(2)10-20(11-18(25)13-24)14-19(3,15-22-21-4)26-23(20)12-17-8-6-5-7-9-17/h5-9,15-16,18,21,24-25H,10-14H2,1-4H3/b22-15+/t18?,19?,20-/m0/s1. The fourth-order valence-corrected chi connectivity index (χ4v) is 4.04. The number of hydrogen-bond acceptors (Lipinski definition) is 6. The molecule has 6 heteroatoms. The summed E-state index contributed by atoms with van der Waals surface area (Å²) in [6, 6.07) is 10.2. The molecule has 3 atom stereocenters. The van der Waals surface area contributed by atoms with Crippen molar-refractivity contribution in [2.24, 2.45) is 11.0 Å². The SMILES string of the molecule is CN/N=C/C1(C)C[C@](CC(C)C)(CC(O)CO)N(Cc2ccccc2)O1. The van der Waals surface area contributed by atoms with Crippen LogP contribution in [0.25, 0.3) is 0 Å². The van der Waals surface area contributed by atoms with E-state index in [-0.39, 0.29) is 12.1 Å². The van der Waals surface area contributed by atoms with E-state index in [1.165, 1.54) is 0 Å². The number of aliphatic hydroxyl groups excluding tert-OH is 2. The zero-order valence-electron chi connectivity index (χ0n) is 16.4. The molecule has 0 spiro atoms. The molecule has 146 valence electrons. The fourth-order valence-electron chi connectivity index (χ4n) is 4.04. The molecule has 0 amide bonds. The van der Waals surface area contributed by atoms with Crippen molar-refractivity contribution in [1.29, 1.82) is 0 Å². The van der Waals surface area contributed by atoms with Crippen molar-refractivity contribution in [2.75, 3.05) is 13.7 Å². The molecule has 1 aromatic carbocycles. The van der Waals surface area contributed by atoms with Crippen LogP contribution in [0.3, 0.4) is 0 Å². The van der Waals surface area contributed by atoms with Gasteiger partial charge in [0.1, 0.15) is 5.60 Å². The Morgan fingerprint density at radius 2 is 2.00 bits per heavy atom. The highest BCUT2D eigenvalue weighted by molar-refractivity contribution is 5.68. The zero-order valence-corrected chi connectivity index (χ0v) is 16.4. The molecule has 0 aliphatic carbocycles. The number of nitrogens with one attached hydrogen (secondary N) is 1. The highest BCUT2D eigenvalue weighted by Crippen LogP contribution is 2.45. The van der Waals surface area contributed by atoms with Crippen molar-refractivity contribution in [3.05, 3.63) is 35.9 Å². The van der Waals surface area contributed by atoms with E-state index >= 15 is 0 Å². The van der Waals surface area contributed by atoms with Gasteiger partial charge < -0.3 is 15.6 Å². The van der Waals surface area contributed by atoms with Gasteiger partial charge in [0.2, 0.25) is 0 Å². The van der Waals surface area contributed by atoms with Gasteiger partial charge in [-0.1, -0.05) is 44.2 Å². The third-order valence-electron chi connectivity index (χ3n) is 4.78. The van der Waals surface area contributed by atoms with Crippen LogP contribution in [0, 0.1) is 5.92 Å². The van der Waals surface area contributed by atoms with Crippen molar-refractivity contribution in [1.82, 2.24) is 10.5 Å². The second kappa shape index (κ2) is 8.95. The highest BCUT2D eigenvalue weighted by Gasteiger charge is 2.53. The largest absolute Gasteiger partial charge is 0.394 e. The number of benzene rings is 1. The van der Waals surface area contributed by atoms with Crippen LogP contribution in [0.1, 0.15) is 45.6 Å². The lowest BCUT2D eigenvalue weighted by Gasteiger charge is -2.39. The topological polar surface area (TPSA) is 77.3 Å². The molecule has 0 bridgehead atoms. The molecule has 3 N–H and O–H groups in total. The van der Waals surface area contributed by atoms with Gasteiger partial charge in [0.05, 0.1) is 24.5 Å². The van der Waals surface area contributed by atoms with Crippen LogP contribution < -0.4 is 5.43 Å². The van der Waals surface area contributed by atoms with E-state index in [4.69, 9.17) is 4.84 Å². The van der Waals surface area contributed by atoms with Gasteiger partial charge in [-0.2, -0.15) is 10.2 Å². The summed E-state index contributed by atoms with van der Waals surface area (Å²) in [6.45, 7) is 6.73. The summed E-state index contributed by atoms with van der Waals surface area (Å²) >= 11 is 0. The predicted molar refractivity (Wildman–Crippen MR) is 104 cm³/mol. The lowest BCUT2D eigenvalue weighted by molar-refractivity contribution is -0.214. The van der Waals surface area contributed by atoms with E-state index in [9.17, 15) is 10.2 Å². The molecule has 0 radical (unpaired) electrons. The molecular weight excluding hydrogens is 330 g/mol. The number of hydrazone groups is 1. The molecule has 1 aliphatic rings. The van der Waals surface area contributed by atoms with Gasteiger partial charge in [-0.3, -0.25) is 4.84 Å². The van der Waals surface area contributed by atoms with Crippen LogP contribution >= 0.6 is 0 Å². The van der Waals surface area contributed by atoms with Gasteiger partial charge in [-0.15, -0.1) is 0 Å². The summed E-state index contributed by atoms with van der Waals surface area (Å²) < 4.78 is 0. The number of aliphatic hydroxyl groups is 2. The molecule has 1 aliphatic heterocycles. The molecule has 1 saturated heterocycles. The van der Waals surface area contributed by atoms with Crippen molar-refractivity contribution >= 4 is 6.21 Å². The molecular formula is C20H33N3O3. The summed E-state index contributed by atoms with van der Waals surface area (Å²) in [5.74, 6) is 0.423. The van der Waals surface area contributed by atoms with Crippen LogP contribution in [-0.4, -0.2) is 52.4 Å². The fraction of sp³-hybridized carbons (Fsp3) is 0.650. The second-order valence-electron chi connectivity index (χ2n) is 7.95. The van der Waals surface area contributed by atoms with Crippen LogP contribution in [-0.2, 0) is 11.4 Å². The monoisotopic (exact) mass is 363 g/mol. The van der Waals surface area contributed by atoms with E-state index < -0.39 is 11.7 Å². The van der Waals surface area contributed by atoms with Gasteiger partial charge >= 0.3 is 0 Å². The average molecular weight is 364 g/mol. The normalized spacial score (nSPS) is 28.1. The Labute approximate surface area is 156 Å². The van der Waals surface area contributed by atoms with Gasteiger partial charge in [0, 0.05) is 20.0 Å². The van der Waals surface area contributed by atoms with Gasteiger partial charge in [0.15, 0.2) is 0 Å². The Morgan fingerprint density at radius 1 is 1.31 bits per heavy atom. The molecule has 0 saturated carbocycles. The first-order valence-electron chi connectivity index (χ1n) is 9.33. The smallest absolute Gasteiger partial charge is 0.126 e. The molecule has 1 aromatic rings. The minimum absolute atomic E-state index is 0.250. The van der Waals surface area contributed by atoms with E-state index in [1.54, 1.807) is 13.3 Å². The van der Waals surface area contributed by atoms with Crippen LogP contribution in [0.2, 0.25) is 0 Å². The minimum Gasteiger partial charge on any atom is -0.394 e. The molecule has 0 aromatic heterocycles. The molecule has 1 heterocycles. The summed E-state index contributed by atoms with van der Waals surface area (Å²) in [5, 5.41) is 25.9. The third kappa shape index (κ3) is 5.27. The molecule has 2 unspecified atom stereocenters. The quantitative estimate of drug-likeness (QED) is 0.464. The average Bonchev–Trinajstić information content (AvgIpc) is 2.85. The minimum atomic E-state index is -0.779. The van der Waals surface area contributed by atoms with Gasteiger partial charge in [-0.05, 0) is 31.2 Å². The predicted octanol–water partition coefficient (Wildman–Crippen LogP) is 2.32. The first kappa shape index (κ1) is 20.8. The van der Waals surface area contributed by atoms with Crippen molar-refractivity contribution in [3.63, 3.8) is 0 Å². The summed E-state index contributed by atoms with van der Waals surface area (Å²) in [4.78, 5) is 6.37. The Bertz CT molecular complexity index is 581. The Morgan fingerprint density at radius 3 is 2.58 bits per heavy atom. The highest BCUT2D eigenvalue weighted by atomic mass is 16.7. The van der Waals surface area contributed by atoms with E-state index in [0.29, 0.717) is 25.3 Å². The second-order valence-corrected chi connectivity index (χ2v) is 7.95. The lowest BCUT2D eigenvalue weighted by Crippen LogP contribution is -2.46. The first-order valence-corrected chi connectivity index (χ1v) is 9.33. The summed E-state index contributed by atoms with van der Waals surface area (Å²) in [6.07, 6.45) is 3.03. The van der Waals surface area contributed by atoms with E-state index in [0.717, 1.165) is 12.0 Å². The van der Waals surface area contributed by atoms with E-state index in [1.807, 2.05) is 30.2 Å². The number of hydroxylamine groups is 2. The van der Waals surface area contributed by atoms with Crippen LogP contribution in [0.5, 0.6) is 0 Å². The maximum atomic E-state index is 10.2. The van der Waals surface area contributed by atoms with Crippen LogP contribution in [0.15, 0.2) is 35.4 Å². The number of rotatable bonds is 9. The number of hydrogen-bond donors (Lipinski definition) is 3. The maximum absolute atomic E-state index is 10.2. The number of nitrogens with zero attached hydrogens (tertiary/aromatic N) is 2. The summed E-state index contributed by atoms with van der Waals surface area (Å²) in [5.41, 5.74) is 2.99. The Kier molecular flexibility index (Phi) is 7.17. The molecule has 1 fully saturated rings. The maximum Gasteiger partial charge on any atom is 0.126 e. The Hall–Kier alpha value is -1.47. The first-order chi connectivity index (χ1) is 12.3. The Balaban J connectivity index is 2.37. The zero-order chi connectivity index (χ0) is 19.2. The molecule has 6 nitrogen and oxygen atoms in total. The van der Waals surface area contributed by atoms with Gasteiger partial charge in [0.25, 0.3) is 0 Å². The van der Waals surface area contributed by atoms with Crippen molar-refractivity contribution in [3.8, 4) is 0 Å². The van der Waals surface area contributed by atoms with Crippen molar-refractivity contribution in [2.45, 2.75) is 63.8 Å². The van der Waals surface area contributed by atoms with Gasteiger partial charge in [-0.25, -0.2) is 0 Å². The summed E-state index contributed by atoms with van der Waals surface area (Å²) in [7, 11) is 1.76. The third-order valence-corrected chi connectivity index (χ3v) is 4.78. The molecule has 2 rings (SSSR count). The molecule has 26 heavy (non-hydrogen) atoms.